The summed E-state index contributed by atoms with van der Waals surface area (Å²) in [4.78, 5) is 32.2. The van der Waals surface area contributed by atoms with Crippen LogP contribution < -0.4 is 10.9 Å². The molecular weight excluding hydrogens is 378 g/mol. The topological polar surface area (TPSA) is 64.0 Å². The first-order valence-electron chi connectivity index (χ1n) is 9.74. The summed E-state index contributed by atoms with van der Waals surface area (Å²) < 4.78 is 1.72. The normalized spacial score (nSPS) is 20.4. The van der Waals surface area contributed by atoms with Crippen molar-refractivity contribution in [1.82, 2.24) is 14.9 Å². The van der Waals surface area contributed by atoms with E-state index in [0.717, 1.165) is 27.1 Å². The van der Waals surface area contributed by atoms with Crippen LogP contribution in [-0.2, 0) is 4.79 Å². The van der Waals surface area contributed by atoms with E-state index in [4.69, 9.17) is 4.98 Å². The lowest BCUT2D eigenvalue weighted by Crippen LogP contribution is -2.42. The zero-order valence-electron chi connectivity index (χ0n) is 16.8. The SMILES string of the molecule is Cc1sc2nc(SCC(=O)N[C@@H]3CCCC[C@H]3C)n(C(C)C)c(=O)c2c1C. The summed E-state index contributed by atoms with van der Waals surface area (Å²) in [6, 6.07) is 0.273. The maximum absolute atomic E-state index is 13.0. The van der Waals surface area contributed by atoms with Gasteiger partial charge in [0, 0.05) is 17.0 Å². The van der Waals surface area contributed by atoms with Crippen molar-refractivity contribution in [1.29, 1.82) is 0 Å². The van der Waals surface area contributed by atoms with E-state index in [1.165, 1.54) is 31.0 Å². The second-order valence-corrected chi connectivity index (χ2v) is 10.00. The molecule has 2 aromatic heterocycles. The summed E-state index contributed by atoms with van der Waals surface area (Å²) in [5, 5.41) is 4.53. The molecule has 1 saturated carbocycles. The van der Waals surface area contributed by atoms with E-state index in [0.29, 0.717) is 11.1 Å². The highest BCUT2D eigenvalue weighted by Crippen LogP contribution is 2.29. The van der Waals surface area contributed by atoms with Gasteiger partial charge in [-0.3, -0.25) is 14.2 Å². The van der Waals surface area contributed by atoms with Crippen molar-refractivity contribution < 1.29 is 4.79 Å². The number of rotatable bonds is 5. The number of hydrogen-bond donors (Lipinski definition) is 1. The number of nitrogens with zero attached hydrogens (tertiary/aromatic N) is 2. The molecule has 0 aromatic carbocycles. The first-order valence-corrected chi connectivity index (χ1v) is 11.5. The first kappa shape index (κ1) is 20.4. The number of aromatic nitrogens is 2. The molecule has 0 unspecified atom stereocenters. The van der Waals surface area contributed by atoms with Gasteiger partial charge in [0.25, 0.3) is 5.56 Å². The molecule has 1 amide bonds. The van der Waals surface area contributed by atoms with Crippen molar-refractivity contribution in [3.05, 3.63) is 20.8 Å². The fourth-order valence-electron chi connectivity index (χ4n) is 3.75. The fraction of sp³-hybridized carbons (Fsp3) is 0.650. The minimum Gasteiger partial charge on any atom is -0.352 e. The molecular formula is C20H29N3O2S2. The predicted octanol–water partition coefficient (Wildman–Crippen LogP) is 4.44. The Morgan fingerprint density at radius 3 is 2.70 bits per heavy atom. The zero-order chi connectivity index (χ0) is 19.7. The summed E-state index contributed by atoms with van der Waals surface area (Å²) >= 11 is 2.92. The first-order chi connectivity index (χ1) is 12.8. The molecule has 0 radical (unpaired) electrons. The Morgan fingerprint density at radius 1 is 1.33 bits per heavy atom. The van der Waals surface area contributed by atoms with Crippen molar-refractivity contribution in [2.75, 3.05) is 5.75 Å². The van der Waals surface area contributed by atoms with Gasteiger partial charge in [-0.15, -0.1) is 11.3 Å². The van der Waals surface area contributed by atoms with Crippen LogP contribution in [-0.4, -0.2) is 27.3 Å². The molecule has 1 N–H and O–H groups in total. The van der Waals surface area contributed by atoms with Gasteiger partial charge in [0.1, 0.15) is 4.83 Å². The van der Waals surface area contributed by atoms with E-state index < -0.39 is 0 Å². The quantitative estimate of drug-likeness (QED) is 0.588. The molecule has 7 heteroatoms. The number of thioether (sulfide) groups is 1. The molecule has 5 nitrogen and oxygen atoms in total. The monoisotopic (exact) mass is 407 g/mol. The van der Waals surface area contributed by atoms with Gasteiger partial charge in [0.15, 0.2) is 5.16 Å². The van der Waals surface area contributed by atoms with E-state index >= 15 is 0 Å². The van der Waals surface area contributed by atoms with E-state index in [1.54, 1.807) is 15.9 Å². The third-order valence-electron chi connectivity index (χ3n) is 5.51. The van der Waals surface area contributed by atoms with E-state index in [2.05, 4.69) is 12.2 Å². The van der Waals surface area contributed by atoms with Crippen LogP contribution in [0.1, 0.15) is 62.9 Å². The number of hydrogen-bond acceptors (Lipinski definition) is 5. The molecule has 2 atom stereocenters. The van der Waals surface area contributed by atoms with Crippen molar-refractivity contribution in [2.24, 2.45) is 5.92 Å². The molecule has 1 fully saturated rings. The minimum absolute atomic E-state index is 0.000612. The van der Waals surface area contributed by atoms with Gasteiger partial charge >= 0.3 is 0 Å². The molecule has 27 heavy (non-hydrogen) atoms. The Morgan fingerprint density at radius 2 is 2.04 bits per heavy atom. The highest BCUT2D eigenvalue weighted by atomic mass is 32.2. The van der Waals surface area contributed by atoms with Crippen molar-refractivity contribution in [3.63, 3.8) is 0 Å². The number of aryl methyl sites for hydroxylation is 2. The van der Waals surface area contributed by atoms with Crippen LogP contribution in [0.15, 0.2) is 9.95 Å². The number of carbonyl (C=O) groups excluding carboxylic acids is 1. The standard InChI is InChI=1S/C20H29N3O2S2/c1-11(2)23-19(25)17-13(4)14(5)27-18(17)22-20(23)26-10-16(24)21-15-9-7-6-8-12(15)3/h11-12,15H,6-10H2,1-5H3,(H,21,24)/t12-,15-/m1/s1. The maximum atomic E-state index is 13.0. The predicted molar refractivity (Wildman–Crippen MR) is 114 cm³/mol. The molecule has 1 aliphatic rings. The molecule has 1 aliphatic carbocycles. The molecule has 0 spiro atoms. The molecule has 0 saturated heterocycles. The highest BCUT2D eigenvalue weighted by Gasteiger charge is 2.24. The van der Waals surface area contributed by atoms with Gasteiger partial charge < -0.3 is 5.32 Å². The second kappa shape index (κ2) is 8.35. The van der Waals surface area contributed by atoms with Gasteiger partial charge in [-0.2, -0.15) is 0 Å². The highest BCUT2D eigenvalue weighted by molar-refractivity contribution is 7.99. The molecule has 0 bridgehead atoms. The van der Waals surface area contributed by atoms with Gasteiger partial charge in [0.2, 0.25) is 5.91 Å². The van der Waals surface area contributed by atoms with Crippen LogP contribution in [0.2, 0.25) is 0 Å². The van der Waals surface area contributed by atoms with Crippen LogP contribution in [0.4, 0.5) is 0 Å². The summed E-state index contributed by atoms with van der Waals surface area (Å²) in [5.41, 5.74) is 1.02. The van der Waals surface area contributed by atoms with Crippen molar-refractivity contribution >= 4 is 39.2 Å². The largest absolute Gasteiger partial charge is 0.352 e. The number of amides is 1. The van der Waals surface area contributed by atoms with Crippen molar-refractivity contribution in [2.45, 2.75) is 77.5 Å². The van der Waals surface area contributed by atoms with Crippen LogP contribution in [0.5, 0.6) is 0 Å². The Labute approximate surface area is 169 Å². The maximum Gasteiger partial charge on any atom is 0.263 e. The number of fused-ring (bicyclic) bond motifs is 1. The number of nitrogens with one attached hydrogen (secondary N) is 1. The minimum atomic E-state index is -0.00191. The Kier molecular flexibility index (Phi) is 6.31. The summed E-state index contributed by atoms with van der Waals surface area (Å²) in [5.74, 6) is 0.854. The smallest absolute Gasteiger partial charge is 0.263 e. The molecule has 148 valence electrons. The Balaban J connectivity index is 1.80. The Hall–Kier alpha value is -1.34. The number of thiophene rings is 1. The van der Waals surface area contributed by atoms with Crippen LogP contribution in [0.3, 0.4) is 0 Å². The summed E-state index contributed by atoms with van der Waals surface area (Å²) in [6.45, 7) is 10.2. The lowest BCUT2D eigenvalue weighted by atomic mass is 9.86. The third-order valence-corrected chi connectivity index (χ3v) is 7.56. The fourth-order valence-corrected chi connectivity index (χ4v) is 5.76. The van der Waals surface area contributed by atoms with Gasteiger partial charge in [-0.25, -0.2) is 4.98 Å². The summed E-state index contributed by atoms with van der Waals surface area (Å²) in [7, 11) is 0. The third kappa shape index (κ3) is 4.24. The van der Waals surface area contributed by atoms with Crippen molar-refractivity contribution in [3.8, 4) is 0 Å². The Bertz CT molecular complexity index is 901. The van der Waals surface area contributed by atoms with Gasteiger partial charge in [-0.05, 0) is 52.0 Å². The molecule has 2 heterocycles. The van der Waals surface area contributed by atoms with Crippen LogP contribution in [0.25, 0.3) is 10.2 Å². The molecule has 0 aliphatic heterocycles. The number of carbonyl (C=O) groups is 1. The van der Waals surface area contributed by atoms with Crippen LogP contribution >= 0.6 is 23.1 Å². The van der Waals surface area contributed by atoms with Gasteiger partial charge in [-0.1, -0.05) is 31.5 Å². The van der Waals surface area contributed by atoms with Crippen LogP contribution in [0, 0.1) is 19.8 Å². The molecule has 3 rings (SSSR count). The second-order valence-electron chi connectivity index (χ2n) is 7.85. The van der Waals surface area contributed by atoms with E-state index in [9.17, 15) is 9.59 Å². The average Bonchev–Trinajstić information content (AvgIpc) is 2.89. The van der Waals surface area contributed by atoms with E-state index in [1.807, 2.05) is 27.7 Å². The lowest BCUT2D eigenvalue weighted by Gasteiger charge is -2.29. The summed E-state index contributed by atoms with van der Waals surface area (Å²) in [6.07, 6.45) is 4.68. The molecule has 2 aromatic rings. The zero-order valence-corrected chi connectivity index (χ0v) is 18.4. The lowest BCUT2D eigenvalue weighted by molar-refractivity contribution is -0.119. The average molecular weight is 408 g/mol. The van der Waals surface area contributed by atoms with Gasteiger partial charge in [0.05, 0.1) is 11.1 Å². The van der Waals surface area contributed by atoms with E-state index in [-0.39, 0.29) is 29.3 Å².